The summed E-state index contributed by atoms with van der Waals surface area (Å²) in [7, 11) is 0. The van der Waals surface area contributed by atoms with Crippen molar-refractivity contribution in [3.05, 3.63) is 0 Å². The van der Waals surface area contributed by atoms with Gasteiger partial charge in [-0.05, 0) is 64.8 Å². The molecule has 4 fully saturated rings. The van der Waals surface area contributed by atoms with Gasteiger partial charge in [0.1, 0.15) is 0 Å². The number of rotatable bonds is 3. The van der Waals surface area contributed by atoms with Crippen LogP contribution < -0.4 is 5.32 Å². The first-order valence-electron chi connectivity index (χ1n) is 9.52. The van der Waals surface area contributed by atoms with Crippen molar-refractivity contribution in [1.82, 2.24) is 15.1 Å². The summed E-state index contributed by atoms with van der Waals surface area (Å²) in [5.41, 5.74) is 0.0521. The highest BCUT2D eigenvalue weighted by molar-refractivity contribution is 5.78. The predicted molar refractivity (Wildman–Crippen MR) is 89.4 cm³/mol. The Morgan fingerprint density at radius 1 is 1.30 bits per heavy atom. The Bertz CT molecular complexity index is 447. The molecule has 5 nitrogen and oxygen atoms in total. The van der Waals surface area contributed by atoms with Crippen molar-refractivity contribution >= 4 is 6.03 Å². The maximum atomic E-state index is 13.1. The lowest BCUT2D eigenvalue weighted by atomic mass is 9.91. The smallest absolute Gasteiger partial charge is 0.320 e. The fourth-order valence-electron chi connectivity index (χ4n) is 5.61. The van der Waals surface area contributed by atoms with E-state index in [-0.39, 0.29) is 23.7 Å². The molecule has 3 heterocycles. The molecule has 0 aromatic carbocycles. The topological polar surface area (TPSA) is 44.8 Å². The van der Waals surface area contributed by atoms with Crippen molar-refractivity contribution in [3.8, 4) is 0 Å². The molecule has 1 aliphatic carbocycles. The number of hydrogen-bond donors (Lipinski definition) is 1. The van der Waals surface area contributed by atoms with E-state index in [9.17, 15) is 4.79 Å². The quantitative estimate of drug-likeness (QED) is 0.867. The molecule has 2 amide bonds. The van der Waals surface area contributed by atoms with E-state index in [1.54, 1.807) is 0 Å². The van der Waals surface area contributed by atoms with Gasteiger partial charge in [-0.3, -0.25) is 0 Å². The summed E-state index contributed by atoms with van der Waals surface area (Å²) in [6, 6.07) is 1.13. The van der Waals surface area contributed by atoms with Crippen molar-refractivity contribution in [2.45, 2.75) is 76.1 Å². The molecular formula is C18H31N3O2. The zero-order valence-corrected chi connectivity index (χ0v) is 14.6. The molecule has 1 N–H and O–H groups in total. The molecule has 0 aromatic rings. The van der Waals surface area contributed by atoms with Gasteiger partial charge < -0.3 is 19.9 Å². The van der Waals surface area contributed by atoms with Crippen molar-refractivity contribution < 1.29 is 9.53 Å². The minimum absolute atomic E-state index is 0.0521. The summed E-state index contributed by atoms with van der Waals surface area (Å²) in [5.74, 6) is 0.750. The first-order chi connectivity index (χ1) is 11.1. The zero-order chi connectivity index (χ0) is 16.0. The summed E-state index contributed by atoms with van der Waals surface area (Å²) >= 11 is 0. The van der Waals surface area contributed by atoms with Crippen LogP contribution in [0.2, 0.25) is 0 Å². The molecule has 3 saturated heterocycles. The second-order valence-electron chi connectivity index (χ2n) is 8.36. The third kappa shape index (κ3) is 2.66. The molecule has 23 heavy (non-hydrogen) atoms. The SMILES string of the molecule is CC(C)N1C(=O)N(C[C@H]2CCCO2)CC12CC1CCCNC1C2. The third-order valence-electron chi connectivity index (χ3n) is 6.41. The molecule has 3 aliphatic heterocycles. The van der Waals surface area contributed by atoms with Crippen LogP contribution in [0.5, 0.6) is 0 Å². The van der Waals surface area contributed by atoms with Crippen LogP contribution in [0.25, 0.3) is 0 Å². The minimum Gasteiger partial charge on any atom is -0.376 e. The van der Waals surface area contributed by atoms with Crippen LogP contribution in [0.4, 0.5) is 4.79 Å². The van der Waals surface area contributed by atoms with Gasteiger partial charge in [0.2, 0.25) is 0 Å². The predicted octanol–water partition coefficient (Wildman–Crippen LogP) is 2.21. The maximum Gasteiger partial charge on any atom is 0.320 e. The average Bonchev–Trinajstić information content (AvgIpc) is 3.18. The Balaban J connectivity index is 1.54. The van der Waals surface area contributed by atoms with E-state index in [1.165, 1.54) is 19.3 Å². The highest BCUT2D eigenvalue weighted by atomic mass is 16.5. The van der Waals surface area contributed by atoms with Gasteiger partial charge in [0.25, 0.3) is 0 Å². The van der Waals surface area contributed by atoms with Gasteiger partial charge in [0.15, 0.2) is 0 Å². The molecule has 4 aliphatic rings. The Morgan fingerprint density at radius 3 is 2.87 bits per heavy atom. The molecule has 0 aromatic heterocycles. The molecule has 4 atom stereocenters. The average molecular weight is 321 g/mol. The summed E-state index contributed by atoms with van der Waals surface area (Å²) in [6.07, 6.45) is 7.41. The summed E-state index contributed by atoms with van der Waals surface area (Å²) in [5, 5.41) is 3.71. The zero-order valence-electron chi connectivity index (χ0n) is 14.6. The van der Waals surface area contributed by atoms with E-state index in [1.807, 2.05) is 0 Å². The number of urea groups is 1. The minimum atomic E-state index is 0.0521. The Hall–Kier alpha value is -0.810. The number of amides is 2. The highest BCUT2D eigenvalue weighted by Gasteiger charge is 2.57. The molecule has 130 valence electrons. The van der Waals surface area contributed by atoms with Crippen molar-refractivity contribution in [2.75, 3.05) is 26.2 Å². The lowest BCUT2D eigenvalue weighted by Gasteiger charge is -2.36. The highest BCUT2D eigenvalue weighted by Crippen LogP contribution is 2.47. The van der Waals surface area contributed by atoms with Gasteiger partial charge in [0, 0.05) is 31.8 Å². The van der Waals surface area contributed by atoms with E-state index in [2.05, 4.69) is 29.0 Å². The molecule has 1 spiro atoms. The fourth-order valence-corrected chi connectivity index (χ4v) is 5.61. The number of nitrogens with one attached hydrogen (secondary N) is 1. The number of nitrogens with zero attached hydrogens (tertiary/aromatic N) is 2. The number of ether oxygens (including phenoxy) is 1. The van der Waals surface area contributed by atoms with Crippen molar-refractivity contribution in [1.29, 1.82) is 0 Å². The number of fused-ring (bicyclic) bond motifs is 1. The van der Waals surface area contributed by atoms with Crippen LogP contribution in [0.3, 0.4) is 0 Å². The molecule has 0 bridgehead atoms. The third-order valence-corrected chi connectivity index (χ3v) is 6.41. The lowest BCUT2D eigenvalue weighted by molar-refractivity contribution is 0.0848. The van der Waals surface area contributed by atoms with Crippen molar-refractivity contribution in [2.24, 2.45) is 5.92 Å². The number of piperidine rings is 1. The molecular weight excluding hydrogens is 290 g/mol. The van der Waals surface area contributed by atoms with E-state index in [4.69, 9.17) is 4.74 Å². The largest absolute Gasteiger partial charge is 0.376 e. The maximum absolute atomic E-state index is 13.1. The number of carbonyl (C=O) groups is 1. The molecule has 1 saturated carbocycles. The summed E-state index contributed by atoms with van der Waals surface area (Å²) in [6.45, 7) is 8.03. The van der Waals surface area contributed by atoms with E-state index in [0.29, 0.717) is 6.04 Å². The van der Waals surface area contributed by atoms with Crippen LogP contribution in [0.1, 0.15) is 52.4 Å². The van der Waals surface area contributed by atoms with E-state index >= 15 is 0 Å². The van der Waals surface area contributed by atoms with Gasteiger partial charge in [-0.25, -0.2) is 4.79 Å². The molecule has 4 rings (SSSR count). The molecule has 0 radical (unpaired) electrons. The van der Waals surface area contributed by atoms with Crippen LogP contribution in [0, 0.1) is 5.92 Å². The normalized spacial score (nSPS) is 40.7. The van der Waals surface area contributed by atoms with Crippen LogP contribution in [-0.4, -0.2) is 65.8 Å². The Kier molecular flexibility index (Phi) is 4.04. The summed E-state index contributed by atoms with van der Waals surface area (Å²) < 4.78 is 5.78. The van der Waals surface area contributed by atoms with Crippen LogP contribution >= 0.6 is 0 Å². The fraction of sp³-hybridized carbons (Fsp3) is 0.944. The number of carbonyl (C=O) groups excluding carboxylic acids is 1. The summed E-state index contributed by atoms with van der Waals surface area (Å²) in [4.78, 5) is 17.4. The Morgan fingerprint density at radius 2 is 2.17 bits per heavy atom. The van der Waals surface area contributed by atoms with E-state index < -0.39 is 0 Å². The molecule has 3 unspecified atom stereocenters. The van der Waals surface area contributed by atoms with Crippen LogP contribution in [-0.2, 0) is 4.74 Å². The van der Waals surface area contributed by atoms with Gasteiger partial charge in [0.05, 0.1) is 11.6 Å². The van der Waals surface area contributed by atoms with Gasteiger partial charge in [-0.15, -0.1) is 0 Å². The lowest BCUT2D eigenvalue weighted by Crippen LogP contribution is -2.49. The second-order valence-corrected chi connectivity index (χ2v) is 8.36. The molecule has 5 heteroatoms. The van der Waals surface area contributed by atoms with Crippen molar-refractivity contribution in [3.63, 3.8) is 0 Å². The standard InChI is InChI=1S/C18H31N3O2/c1-13(2)21-17(22)20(11-15-6-4-8-23-15)12-18(21)9-14-5-3-7-19-16(14)10-18/h13-16,19H,3-12H2,1-2H3/t14?,15-,16?,18?/m1/s1. The van der Waals surface area contributed by atoms with E-state index in [0.717, 1.165) is 51.4 Å². The second kappa shape index (κ2) is 5.92. The van der Waals surface area contributed by atoms with Gasteiger partial charge in [-0.1, -0.05) is 0 Å². The van der Waals surface area contributed by atoms with Gasteiger partial charge in [-0.2, -0.15) is 0 Å². The monoisotopic (exact) mass is 321 g/mol. The van der Waals surface area contributed by atoms with Gasteiger partial charge >= 0.3 is 6.03 Å². The number of hydrogen-bond acceptors (Lipinski definition) is 3. The first-order valence-corrected chi connectivity index (χ1v) is 9.52. The first kappa shape index (κ1) is 15.7. The van der Waals surface area contributed by atoms with Crippen LogP contribution in [0.15, 0.2) is 0 Å². The Labute approximate surface area is 139 Å².